The summed E-state index contributed by atoms with van der Waals surface area (Å²) in [5.74, 6) is -0.333. The van der Waals surface area contributed by atoms with Gasteiger partial charge in [-0.3, -0.25) is 4.79 Å². The van der Waals surface area contributed by atoms with Crippen LogP contribution in [0.1, 0.15) is 34.1 Å². The quantitative estimate of drug-likeness (QED) is 0.262. The van der Waals surface area contributed by atoms with E-state index in [-0.39, 0.29) is 29.6 Å². The van der Waals surface area contributed by atoms with Crippen molar-refractivity contribution in [2.45, 2.75) is 70.5 Å². The molecule has 7 heteroatoms. The van der Waals surface area contributed by atoms with Crippen molar-refractivity contribution in [2.75, 3.05) is 0 Å². The van der Waals surface area contributed by atoms with Gasteiger partial charge in [-0.05, 0) is 30.6 Å². The third-order valence-electron chi connectivity index (χ3n) is 3.97. The third kappa shape index (κ3) is 3.71. The summed E-state index contributed by atoms with van der Waals surface area (Å²) in [6.45, 7) is 12.5. The Morgan fingerprint density at radius 3 is 2.53 bits per heavy atom. The van der Waals surface area contributed by atoms with Gasteiger partial charge < -0.3 is 9.16 Å². The second kappa shape index (κ2) is 5.52. The summed E-state index contributed by atoms with van der Waals surface area (Å²) in [7, 11) is -2.00. The van der Waals surface area contributed by atoms with Gasteiger partial charge in [-0.15, -0.1) is 0 Å². The molecule has 0 saturated carbocycles. The zero-order valence-electron chi connectivity index (χ0n) is 12.5. The lowest BCUT2D eigenvalue weighted by atomic mass is 10.0. The van der Waals surface area contributed by atoms with Crippen LogP contribution in [0.5, 0.6) is 0 Å². The molecular weight excluding hydrogens is 262 g/mol. The number of rotatable bonds is 3. The van der Waals surface area contributed by atoms with Crippen molar-refractivity contribution in [1.82, 2.24) is 0 Å². The van der Waals surface area contributed by atoms with E-state index < -0.39 is 14.4 Å². The van der Waals surface area contributed by atoms with Gasteiger partial charge in [0.15, 0.2) is 8.32 Å². The van der Waals surface area contributed by atoms with E-state index >= 15 is 0 Å². The second-order valence-corrected chi connectivity index (χ2v) is 11.3. The fourth-order valence-electron chi connectivity index (χ4n) is 1.79. The van der Waals surface area contributed by atoms with Gasteiger partial charge in [0.1, 0.15) is 6.10 Å². The molecule has 0 aromatic carbocycles. The van der Waals surface area contributed by atoms with Crippen LogP contribution in [0.4, 0.5) is 0 Å². The van der Waals surface area contributed by atoms with Gasteiger partial charge in [-0.1, -0.05) is 25.9 Å². The number of carbonyl (C=O) groups is 1. The van der Waals surface area contributed by atoms with Crippen molar-refractivity contribution in [3.8, 4) is 0 Å². The van der Waals surface area contributed by atoms with Crippen LogP contribution in [0.15, 0.2) is 5.11 Å². The average molecular weight is 285 g/mol. The number of azide groups is 1. The Kier molecular flexibility index (Phi) is 4.66. The highest BCUT2D eigenvalue weighted by Crippen LogP contribution is 2.39. The third-order valence-corrected chi connectivity index (χ3v) is 8.45. The standard InChI is InChI=1S/C12H23N3O3Si/c1-8-11(18-19(5,6)12(2,3)4)9(14-15-13)7-10(16)17-8/h8-9,11H,7H2,1-6H3/t8-,9+,11-/m1/s1. The van der Waals surface area contributed by atoms with Crippen LogP contribution >= 0.6 is 0 Å². The van der Waals surface area contributed by atoms with Gasteiger partial charge in [-0.2, -0.15) is 0 Å². The van der Waals surface area contributed by atoms with E-state index in [1.807, 2.05) is 0 Å². The van der Waals surface area contributed by atoms with E-state index in [0.29, 0.717) is 0 Å². The lowest BCUT2D eigenvalue weighted by molar-refractivity contribution is -0.162. The first-order valence-electron chi connectivity index (χ1n) is 6.50. The minimum absolute atomic E-state index is 0.0507. The first-order chi connectivity index (χ1) is 8.58. The maximum atomic E-state index is 11.4. The molecule has 0 aromatic heterocycles. The van der Waals surface area contributed by atoms with Crippen LogP contribution in [0.25, 0.3) is 10.4 Å². The maximum Gasteiger partial charge on any atom is 0.306 e. The van der Waals surface area contributed by atoms with Gasteiger partial charge in [0.05, 0.1) is 18.6 Å². The summed E-state index contributed by atoms with van der Waals surface area (Å²) in [4.78, 5) is 14.2. The van der Waals surface area contributed by atoms with E-state index in [0.717, 1.165) is 0 Å². The van der Waals surface area contributed by atoms with E-state index in [4.69, 9.17) is 14.7 Å². The number of nitrogens with zero attached hydrogens (tertiary/aromatic N) is 3. The fraction of sp³-hybridized carbons (Fsp3) is 0.917. The van der Waals surface area contributed by atoms with Crippen LogP contribution in [0, 0.1) is 0 Å². The van der Waals surface area contributed by atoms with Crippen molar-refractivity contribution in [3.63, 3.8) is 0 Å². The smallest absolute Gasteiger partial charge is 0.306 e. The van der Waals surface area contributed by atoms with Crippen LogP contribution in [0.3, 0.4) is 0 Å². The van der Waals surface area contributed by atoms with Crippen molar-refractivity contribution in [3.05, 3.63) is 10.4 Å². The number of esters is 1. The molecule has 1 heterocycles. The van der Waals surface area contributed by atoms with E-state index in [2.05, 4.69) is 43.9 Å². The molecule has 6 nitrogen and oxygen atoms in total. The minimum atomic E-state index is -2.00. The van der Waals surface area contributed by atoms with E-state index in [1.54, 1.807) is 6.92 Å². The summed E-state index contributed by atoms with van der Waals surface area (Å²) in [6.07, 6.45) is -0.645. The predicted molar refractivity (Wildman–Crippen MR) is 75.2 cm³/mol. The lowest BCUT2D eigenvalue weighted by Gasteiger charge is -2.43. The molecule has 1 fully saturated rings. The highest BCUT2D eigenvalue weighted by atomic mass is 28.4. The number of cyclic esters (lactones) is 1. The van der Waals surface area contributed by atoms with Crippen molar-refractivity contribution >= 4 is 14.3 Å². The number of hydrogen-bond acceptors (Lipinski definition) is 4. The van der Waals surface area contributed by atoms with Crippen LogP contribution < -0.4 is 0 Å². The van der Waals surface area contributed by atoms with Crippen LogP contribution in [-0.4, -0.2) is 32.5 Å². The fourth-order valence-corrected chi connectivity index (χ4v) is 3.17. The Balaban J connectivity index is 2.95. The molecule has 0 unspecified atom stereocenters. The Labute approximate surface area is 115 Å². The lowest BCUT2D eigenvalue weighted by Crippen LogP contribution is -2.53. The molecule has 3 atom stereocenters. The first kappa shape index (κ1) is 16.0. The van der Waals surface area contributed by atoms with Crippen molar-refractivity contribution in [1.29, 1.82) is 0 Å². The molecule has 0 amide bonds. The van der Waals surface area contributed by atoms with E-state index in [1.165, 1.54) is 0 Å². The molecule has 0 N–H and O–H groups in total. The molecule has 1 aliphatic heterocycles. The summed E-state index contributed by atoms with van der Waals surface area (Å²) in [5, 5.41) is 3.76. The molecule has 0 radical (unpaired) electrons. The highest BCUT2D eigenvalue weighted by Gasteiger charge is 2.45. The van der Waals surface area contributed by atoms with Gasteiger partial charge in [0, 0.05) is 4.91 Å². The van der Waals surface area contributed by atoms with Gasteiger partial charge >= 0.3 is 5.97 Å². The number of carbonyl (C=O) groups excluding carboxylic acids is 1. The molecule has 1 saturated heterocycles. The summed E-state index contributed by atoms with van der Waals surface area (Å²) >= 11 is 0. The molecule has 1 aliphatic rings. The summed E-state index contributed by atoms with van der Waals surface area (Å²) in [5.41, 5.74) is 8.63. The van der Waals surface area contributed by atoms with E-state index in [9.17, 15) is 4.79 Å². The Morgan fingerprint density at radius 2 is 2.05 bits per heavy atom. The summed E-state index contributed by atoms with van der Waals surface area (Å²) < 4.78 is 11.5. The normalized spacial score (nSPS) is 28.5. The Morgan fingerprint density at radius 1 is 1.47 bits per heavy atom. The molecule has 1 rings (SSSR count). The number of hydrogen-bond donors (Lipinski definition) is 0. The molecule has 19 heavy (non-hydrogen) atoms. The Hall–Kier alpha value is -1.04. The number of ether oxygens (including phenoxy) is 1. The first-order valence-corrected chi connectivity index (χ1v) is 9.41. The highest BCUT2D eigenvalue weighted by molar-refractivity contribution is 6.74. The molecule has 0 bridgehead atoms. The minimum Gasteiger partial charge on any atom is -0.460 e. The second-order valence-electron chi connectivity index (χ2n) is 6.51. The average Bonchev–Trinajstić information content (AvgIpc) is 2.22. The van der Waals surface area contributed by atoms with Crippen molar-refractivity contribution in [2.24, 2.45) is 5.11 Å². The topological polar surface area (TPSA) is 84.3 Å². The van der Waals surface area contributed by atoms with Crippen LogP contribution in [-0.2, 0) is 14.0 Å². The van der Waals surface area contributed by atoms with Gasteiger partial charge in [-0.25, -0.2) is 0 Å². The predicted octanol–water partition coefficient (Wildman–Crippen LogP) is 3.39. The molecule has 108 valence electrons. The molecular formula is C12H23N3O3Si. The Bertz CT molecular complexity index is 400. The zero-order valence-corrected chi connectivity index (χ0v) is 13.5. The van der Waals surface area contributed by atoms with Crippen LogP contribution in [0.2, 0.25) is 18.1 Å². The van der Waals surface area contributed by atoms with Gasteiger partial charge in [0.2, 0.25) is 0 Å². The largest absolute Gasteiger partial charge is 0.460 e. The monoisotopic (exact) mass is 285 g/mol. The summed E-state index contributed by atoms with van der Waals surface area (Å²) in [6, 6.07) is -0.477. The molecule has 0 aliphatic carbocycles. The zero-order chi connectivity index (χ0) is 14.8. The molecule has 0 spiro atoms. The molecule has 0 aromatic rings. The maximum absolute atomic E-state index is 11.4. The van der Waals surface area contributed by atoms with Crippen molar-refractivity contribution < 1.29 is 14.0 Å². The SMILES string of the molecule is C[C@H]1OC(=O)C[C@H](N=[N+]=[N-])[C@@H]1O[Si](C)(C)C(C)(C)C. The van der Waals surface area contributed by atoms with Gasteiger partial charge in [0.25, 0.3) is 0 Å².